The first-order valence-corrected chi connectivity index (χ1v) is 16.1. The summed E-state index contributed by atoms with van der Waals surface area (Å²) < 4.78 is 2.14. The molecular weight excluding hydrogens is 559 g/mol. The largest absolute Gasteiger partial charge is 0.395 e. The van der Waals surface area contributed by atoms with Gasteiger partial charge in [0.15, 0.2) is 12.4 Å². The first kappa shape index (κ1) is 32.2. The number of aromatic nitrogens is 1. The molecule has 1 aromatic heterocycles. The van der Waals surface area contributed by atoms with Crippen molar-refractivity contribution in [3.8, 4) is 0 Å². The van der Waals surface area contributed by atoms with Crippen molar-refractivity contribution in [2.45, 2.75) is 13.5 Å². The van der Waals surface area contributed by atoms with E-state index in [0.717, 1.165) is 12.2 Å². The molecule has 0 unspecified atom stereocenters. The van der Waals surface area contributed by atoms with E-state index in [1.54, 1.807) is 0 Å². The molecule has 1 N–H and O–H groups in total. The van der Waals surface area contributed by atoms with Gasteiger partial charge in [-0.1, -0.05) is 146 Å². The molecule has 1 heterocycles. The second-order valence-corrected chi connectivity index (χ2v) is 11.5. The van der Waals surface area contributed by atoms with Gasteiger partial charge in [-0.15, -0.1) is 0 Å². The number of rotatable bonds is 10. The molecule has 6 rings (SSSR count). The number of anilines is 1. The third-order valence-electron chi connectivity index (χ3n) is 8.72. The van der Waals surface area contributed by atoms with Gasteiger partial charge in [-0.3, -0.25) is 0 Å². The summed E-state index contributed by atoms with van der Waals surface area (Å²) in [5.41, 5.74) is 8.84. The van der Waals surface area contributed by atoms with Crippen LogP contribution in [0.5, 0.6) is 0 Å². The highest BCUT2D eigenvalue weighted by atomic mass is 16.3. The molecule has 0 aliphatic carbocycles. The maximum atomic E-state index is 8.95. The highest BCUT2D eigenvalue weighted by Crippen LogP contribution is 2.15. The first-order chi connectivity index (χ1) is 22.6. The van der Waals surface area contributed by atoms with E-state index >= 15 is 0 Å². The lowest BCUT2D eigenvalue weighted by atomic mass is 9.13. The summed E-state index contributed by atoms with van der Waals surface area (Å²) in [5.74, 6) is 0. The number of benzene rings is 5. The molecule has 0 saturated heterocycles. The molecule has 0 aliphatic heterocycles. The van der Waals surface area contributed by atoms with Gasteiger partial charge in [0.1, 0.15) is 12.7 Å². The highest BCUT2D eigenvalue weighted by molar-refractivity contribution is 7.19. The van der Waals surface area contributed by atoms with E-state index in [1.165, 1.54) is 33.0 Å². The third kappa shape index (κ3) is 7.72. The molecule has 5 aromatic carbocycles. The molecule has 0 spiro atoms. The number of aliphatic hydroxyl groups excluding tert-OH is 1. The molecule has 0 bridgehead atoms. The van der Waals surface area contributed by atoms with E-state index < -0.39 is 6.15 Å². The van der Waals surface area contributed by atoms with Crippen molar-refractivity contribution in [3.63, 3.8) is 0 Å². The zero-order valence-electron chi connectivity index (χ0n) is 26.9. The van der Waals surface area contributed by atoms with E-state index in [4.69, 9.17) is 5.11 Å². The lowest BCUT2D eigenvalue weighted by Crippen LogP contribution is -2.74. The van der Waals surface area contributed by atoms with Gasteiger partial charge >= 0.3 is 0 Å². The van der Waals surface area contributed by atoms with Crippen molar-refractivity contribution >= 4 is 45.8 Å². The molecule has 0 amide bonds. The van der Waals surface area contributed by atoms with Crippen LogP contribution in [0.2, 0.25) is 0 Å². The van der Waals surface area contributed by atoms with E-state index in [2.05, 4.69) is 194 Å². The van der Waals surface area contributed by atoms with Crippen LogP contribution in [0.25, 0.3) is 12.2 Å². The van der Waals surface area contributed by atoms with Gasteiger partial charge in [0.25, 0.3) is 0 Å². The number of likely N-dealkylation sites (N-methyl/N-ethyl adjacent to an activating group) is 1. The Kier molecular flexibility index (Phi) is 11.4. The smallest absolute Gasteiger partial charge is 0.169 e. The van der Waals surface area contributed by atoms with Crippen LogP contribution in [0.15, 0.2) is 170 Å². The number of hydrogen-bond donors (Lipinski definition) is 1. The zero-order chi connectivity index (χ0) is 32.0. The molecule has 6 aromatic rings. The van der Waals surface area contributed by atoms with E-state index in [9.17, 15) is 0 Å². The Morgan fingerprint density at radius 2 is 0.913 bits per heavy atom. The van der Waals surface area contributed by atoms with E-state index in [0.29, 0.717) is 6.54 Å². The Morgan fingerprint density at radius 1 is 0.543 bits per heavy atom. The van der Waals surface area contributed by atoms with Crippen LogP contribution >= 0.6 is 0 Å². The summed E-state index contributed by atoms with van der Waals surface area (Å²) in [4.78, 5) is 2.04. The summed E-state index contributed by atoms with van der Waals surface area (Å²) in [6.07, 6.45) is 7.19. The molecule has 4 heteroatoms. The molecule has 0 aliphatic rings. The summed E-state index contributed by atoms with van der Waals surface area (Å²) in [7, 11) is 1.98. The predicted molar refractivity (Wildman–Crippen MR) is 198 cm³/mol. The minimum atomic E-state index is -1.22. The lowest BCUT2D eigenvalue weighted by molar-refractivity contribution is -0.693. The van der Waals surface area contributed by atoms with Crippen LogP contribution in [0, 0.1) is 0 Å². The van der Waals surface area contributed by atoms with Gasteiger partial charge in [-0.05, 0) is 30.2 Å². The third-order valence-corrected chi connectivity index (χ3v) is 8.72. The molecule has 0 saturated carbocycles. The fourth-order valence-corrected chi connectivity index (χ4v) is 6.22. The van der Waals surface area contributed by atoms with Gasteiger partial charge in [-0.2, -0.15) is 21.9 Å². The zero-order valence-corrected chi connectivity index (χ0v) is 26.9. The number of nitrogens with zero attached hydrogens (tertiary/aromatic N) is 2. The average molecular weight is 603 g/mol. The standard InChI is InChI=1S/C24H20B.C18H23N2O/c1-5-13-21(14-6-1)25(22-15-7-2-8-16-22,23-17-9-3-10-18-23)24-19-11-4-12-20-24;1-3-20-12-10-17(11-13-20)5-4-16-6-8-18(9-7-16)19(2)14-15-21/h1-20H;4-13,21H,3,14-15H2,1-2H3/q-1;+1. The second-order valence-electron chi connectivity index (χ2n) is 11.5. The summed E-state index contributed by atoms with van der Waals surface area (Å²) in [6, 6.07) is 56.1. The molecule has 0 radical (unpaired) electrons. The number of aliphatic hydroxyl groups is 1. The minimum Gasteiger partial charge on any atom is -0.395 e. The summed E-state index contributed by atoms with van der Waals surface area (Å²) in [5, 5.41) is 8.95. The first-order valence-electron chi connectivity index (χ1n) is 16.1. The normalized spacial score (nSPS) is 11.1. The topological polar surface area (TPSA) is 27.4 Å². The van der Waals surface area contributed by atoms with Crippen LogP contribution in [-0.4, -0.2) is 31.5 Å². The molecule has 3 nitrogen and oxygen atoms in total. The lowest BCUT2D eigenvalue weighted by Gasteiger charge is -2.44. The van der Waals surface area contributed by atoms with E-state index in [-0.39, 0.29) is 6.61 Å². The Bertz CT molecular complexity index is 1590. The molecule has 0 fully saturated rings. The number of pyridine rings is 1. The van der Waals surface area contributed by atoms with Gasteiger partial charge in [0.05, 0.1) is 6.61 Å². The minimum absolute atomic E-state index is 0.171. The quantitative estimate of drug-likeness (QED) is 0.162. The second kappa shape index (κ2) is 16.2. The fourth-order valence-electron chi connectivity index (χ4n) is 6.22. The maximum absolute atomic E-state index is 8.95. The van der Waals surface area contributed by atoms with Crippen molar-refractivity contribution in [1.29, 1.82) is 0 Å². The Balaban J connectivity index is 0.000000184. The number of hydrogen-bond acceptors (Lipinski definition) is 2. The van der Waals surface area contributed by atoms with Gasteiger partial charge < -0.3 is 10.0 Å². The van der Waals surface area contributed by atoms with Gasteiger partial charge in [-0.25, -0.2) is 4.57 Å². The van der Waals surface area contributed by atoms with Crippen LogP contribution in [0.1, 0.15) is 18.1 Å². The fraction of sp³-hybridized carbons (Fsp3) is 0.119. The van der Waals surface area contributed by atoms with Gasteiger partial charge in [0, 0.05) is 31.4 Å². The average Bonchev–Trinajstić information content (AvgIpc) is 3.14. The summed E-state index contributed by atoms with van der Waals surface area (Å²) in [6.45, 7) is 3.94. The van der Waals surface area contributed by atoms with Crippen LogP contribution in [-0.2, 0) is 6.54 Å². The maximum Gasteiger partial charge on any atom is 0.169 e. The van der Waals surface area contributed by atoms with Crippen LogP contribution in [0.3, 0.4) is 0 Å². The predicted octanol–water partition coefficient (Wildman–Crippen LogP) is 5.66. The van der Waals surface area contributed by atoms with Crippen molar-refractivity contribution in [3.05, 3.63) is 181 Å². The highest BCUT2D eigenvalue weighted by Gasteiger charge is 2.31. The Morgan fingerprint density at radius 3 is 1.26 bits per heavy atom. The Labute approximate surface area is 274 Å². The van der Waals surface area contributed by atoms with Crippen LogP contribution in [0.4, 0.5) is 5.69 Å². The van der Waals surface area contributed by atoms with Crippen molar-refractivity contribution in [1.82, 2.24) is 0 Å². The van der Waals surface area contributed by atoms with Gasteiger partial charge in [0.2, 0.25) is 0 Å². The summed E-state index contributed by atoms with van der Waals surface area (Å²) >= 11 is 0. The number of aryl methyl sites for hydroxylation is 1. The van der Waals surface area contributed by atoms with Crippen LogP contribution < -0.4 is 31.3 Å². The molecule has 0 atom stereocenters. The monoisotopic (exact) mass is 602 g/mol. The molecule has 46 heavy (non-hydrogen) atoms. The Hall–Kier alpha value is -5.19. The van der Waals surface area contributed by atoms with Crippen molar-refractivity contribution < 1.29 is 9.67 Å². The SMILES string of the molecule is CC[n+]1ccc(/C=C/c2ccc(N(C)CCO)cc2)cc1.c1ccc([B-](c2ccccc2)(c2ccccc2)c2ccccc2)cc1. The van der Waals surface area contributed by atoms with E-state index in [1.807, 2.05) is 11.9 Å². The van der Waals surface area contributed by atoms with Crippen molar-refractivity contribution in [2.24, 2.45) is 0 Å². The molecular formula is C42H43BN2O. The van der Waals surface area contributed by atoms with Crippen molar-refractivity contribution in [2.75, 3.05) is 25.1 Å². The molecule has 230 valence electrons.